The van der Waals surface area contributed by atoms with Gasteiger partial charge in [-0.3, -0.25) is 9.59 Å². The Kier molecular flexibility index (Phi) is 6.09. The first kappa shape index (κ1) is 21.1. The van der Waals surface area contributed by atoms with Gasteiger partial charge in [-0.05, 0) is 30.0 Å². The summed E-state index contributed by atoms with van der Waals surface area (Å²) in [4.78, 5) is 30.3. The molecule has 1 aliphatic rings. The number of hydrogen-bond donors (Lipinski definition) is 3. The quantitative estimate of drug-likeness (QED) is 0.574. The summed E-state index contributed by atoms with van der Waals surface area (Å²) >= 11 is 0. The van der Waals surface area contributed by atoms with Crippen LogP contribution in [0.5, 0.6) is 0 Å². The van der Waals surface area contributed by atoms with E-state index in [0.29, 0.717) is 32.4 Å². The lowest BCUT2D eigenvalue weighted by Crippen LogP contribution is -2.54. The second kappa shape index (κ2) is 8.94. The first-order valence-electron chi connectivity index (χ1n) is 10.8. The van der Waals surface area contributed by atoms with Crippen LogP contribution in [-0.4, -0.2) is 52.5 Å². The lowest BCUT2D eigenvalue weighted by atomic mass is 9.73. The van der Waals surface area contributed by atoms with Crippen LogP contribution in [0, 0.1) is 0 Å². The molecule has 0 radical (unpaired) electrons. The van der Waals surface area contributed by atoms with Gasteiger partial charge in [0, 0.05) is 48.9 Å². The Hall–Kier alpha value is -3.12. The molecule has 2 amide bonds. The first-order valence-corrected chi connectivity index (χ1v) is 10.8. The van der Waals surface area contributed by atoms with Crippen LogP contribution in [0.15, 0.2) is 60.8 Å². The predicted octanol–water partition coefficient (Wildman–Crippen LogP) is 2.77. The van der Waals surface area contributed by atoms with E-state index in [4.69, 9.17) is 0 Å². The fraction of sp³-hybridized carbons (Fsp3) is 0.360. The highest BCUT2D eigenvalue weighted by Crippen LogP contribution is 2.35. The average molecular weight is 420 g/mol. The molecule has 6 nitrogen and oxygen atoms in total. The second-order valence-corrected chi connectivity index (χ2v) is 8.45. The van der Waals surface area contributed by atoms with E-state index >= 15 is 0 Å². The third kappa shape index (κ3) is 4.35. The van der Waals surface area contributed by atoms with E-state index in [1.54, 1.807) is 0 Å². The summed E-state index contributed by atoms with van der Waals surface area (Å²) in [5, 5.41) is 14.1. The number of aromatic amines is 1. The summed E-state index contributed by atoms with van der Waals surface area (Å²) in [6, 6.07) is 17.4. The van der Waals surface area contributed by atoms with Crippen molar-refractivity contribution < 1.29 is 14.7 Å². The summed E-state index contributed by atoms with van der Waals surface area (Å²) in [5.41, 5.74) is 2.81. The van der Waals surface area contributed by atoms with Crippen molar-refractivity contribution in [2.24, 2.45) is 0 Å². The summed E-state index contributed by atoms with van der Waals surface area (Å²) in [5.74, 6) is -0.288. The molecule has 0 bridgehead atoms. The monoisotopic (exact) mass is 419 g/mol. The maximum absolute atomic E-state index is 13.4. The van der Waals surface area contributed by atoms with E-state index in [1.165, 1.54) is 6.92 Å². The normalized spacial score (nSPS) is 16.8. The molecule has 31 heavy (non-hydrogen) atoms. The Balaban J connectivity index is 1.50. The fourth-order valence-electron chi connectivity index (χ4n) is 4.67. The number of carbonyl (C=O) groups is 2. The molecule has 6 heteroatoms. The van der Waals surface area contributed by atoms with E-state index in [9.17, 15) is 14.7 Å². The molecule has 1 saturated heterocycles. The fourth-order valence-corrected chi connectivity index (χ4v) is 4.67. The van der Waals surface area contributed by atoms with Gasteiger partial charge in [-0.15, -0.1) is 0 Å². The van der Waals surface area contributed by atoms with Gasteiger partial charge < -0.3 is 20.3 Å². The molecule has 1 aliphatic heterocycles. The molecule has 1 aromatic heterocycles. The highest BCUT2D eigenvalue weighted by atomic mass is 16.3. The van der Waals surface area contributed by atoms with E-state index in [-0.39, 0.29) is 23.8 Å². The Labute approximate surface area is 182 Å². The number of amides is 2. The van der Waals surface area contributed by atoms with Crippen molar-refractivity contribution in [3.63, 3.8) is 0 Å². The summed E-state index contributed by atoms with van der Waals surface area (Å²) in [6.45, 7) is 2.61. The number of fused-ring (bicyclic) bond motifs is 1. The smallest absolute Gasteiger partial charge is 0.245 e. The van der Waals surface area contributed by atoms with Gasteiger partial charge in [0.2, 0.25) is 11.8 Å². The van der Waals surface area contributed by atoms with Gasteiger partial charge in [-0.1, -0.05) is 48.5 Å². The van der Waals surface area contributed by atoms with E-state index in [1.807, 2.05) is 65.7 Å². The van der Waals surface area contributed by atoms with Gasteiger partial charge in [0.1, 0.15) is 6.04 Å². The number of H-pyrrole nitrogens is 1. The van der Waals surface area contributed by atoms with Crippen LogP contribution in [0.2, 0.25) is 0 Å². The molecule has 3 N–H and O–H groups in total. The molecule has 0 spiro atoms. The third-order valence-electron chi connectivity index (χ3n) is 6.50. The van der Waals surface area contributed by atoms with Gasteiger partial charge >= 0.3 is 0 Å². The number of aromatic nitrogens is 1. The molecular formula is C25H29N3O3. The Bertz CT molecular complexity index is 1050. The van der Waals surface area contributed by atoms with E-state index in [2.05, 4.69) is 10.3 Å². The number of benzene rings is 2. The Morgan fingerprint density at radius 1 is 1.10 bits per heavy atom. The highest BCUT2D eigenvalue weighted by molar-refractivity contribution is 5.89. The summed E-state index contributed by atoms with van der Waals surface area (Å²) < 4.78 is 0. The van der Waals surface area contributed by atoms with E-state index < -0.39 is 6.04 Å². The Morgan fingerprint density at radius 3 is 2.45 bits per heavy atom. The zero-order chi connectivity index (χ0) is 21.8. The molecule has 0 aliphatic carbocycles. The lowest BCUT2D eigenvalue weighted by molar-refractivity contribution is -0.137. The van der Waals surface area contributed by atoms with Crippen molar-refractivity contribution >= 4 is 22.7 Å². The first-order chi connectivity index (χ1) is 15.0. The van der Waals surface area contributed by atoms with Crippen molar-refractivity contribution in [2.45, 2.75) is 37.6 Å². The van der Waals surface area contributed by atoms with E-state index in [0.717, 1.165) is 22.0 Å². The van der Waals surface area contributed by atoms with Crippen molar-refractivity contribution in [3.8, 4) is 0 Å². The molecule has 1 fully saturated rings. The van der Waals surface area contributed by atoms with Crippen LogP contribution < -0.4 is 5.32 Å². The summed E-state index contributed by atoms with van der Waals surface area (Å²) in [6.07, 6.45) is 3.73. The Morgan fingerprint density at radius 2 is 1.77 bits per heavy atom. The predicted molar refractivity (Wildman–Crippen MR) is 121 cm³/mol. The minimum atomic E-state index is -0.616. The van der Waals surface area contributed by atoms with Crippen molar-refractivity contribution in [2.75, 3.05) is 19.7 Å². The lowest BCUT2D eigenvalue weighted by Gasteiger charge is -2.42. The molecule has 162 valence electrons. The van der Waals surface area contributed by atoms with Crippen molar-refractivity contribution in [1.82, 2.24) is 15.2 Å². The van der Waals surface area contributed by atoms with Crippen molar-refractivity contribution in [3.05, 3.63) is 71.9 Å². The molecule has 4 rings (SSSR count). The number of hydrogen-bond acceptors (Lipinski definition) is 3. The largest absolute Gasteiger partial charge is 0.395 e. The molecular weight excluding hydrogens is 390 g/mol. The van der Waals surface area contributed by atoms with Crippen LogP contribution in [0.1, 0.15) is 30.9 Å². The number of rotatable bonds is 6. The SMILES string of the molecule is CC(=O)NC(Cc1c[nH]c2ccccc12)C(=O)N1CCC(CO)(c2ccccc2)CC1. The number of nitrogens with zero attached hydrogens (tertiary/aromatic N) is 1. The average Bonchev–Trinajstić information content (AvgIpc) is 3.21. The van der Waals surface area contributed by atoms with Crippen LogP contribution in [0.25, 0.3) is 10.9 Å². The molecule has 2 heterocycles. The number of nitrogens with one attached hydrogen (secondary N) is 2. The number of piperidine rings is 1. The van der Waals surface area contributed by atoms with Gasteiger partial charge in [-0.25, -0.2) is 0 Å². The topological polar surface area (TPSA) is 85.4 Å². The number of carbonyl (C=O) groups excluding carboxylic acids is 2. The minimum Gasteiger partial charge on any atom is -0.395 e. The maximum atomic E-state index is 13.4. The minimum absolute atomic E-state index is 0.0590. The molecule has 2 aromatic carbocycles. The maximum Gasteiger partial charge on any atom is 0.245 e. The van der Waals surface area contributed by atoms with Crippen LogP contribution in [0.4, 0.5) is 0 Å². The molecule has 1 unspecified atom stereocenters. The molecule has 3 aromatic rings. The van der Waals surface area contributed by atoms with Gasteiger partial charge in [-0.2, -0.15) is 0 Å². The number of aliphatic hydroxyl groups is 1. The molecule has 0 saturated carbocycles. The molecule has 1 atom stereocenters. The zero-order valence-corrected chi connectivity index (χ0v) is 17.8. The number of para-hydroxylation sites is 1. The summed E-state index contributed by atoms with van der Waals surface area (Å²) in [7, 11) is 0. The van der Waals surface area contributed by atoms with Crippen LogP contribution in [-0.2, 0) is 21.4 Å². The van der Waals surface area contributed by atoms with Crippen LogP contribution >= 0.6 is 0 Å². The second-order valence-electron chi connectivity index (χ2n) is 8.45. The zero-order valence-electron chi connectivity index (χ0n) is 17.8. The van der Waals surface area contributed by atoms with Crippen LogP contribution in [0.3, 0.4) is 0 Å². The third-order valence-corrected chi connectivity index (χ3v) is 6.50. The van der Waals surface area contributed by atoms with Gasteiger partial charge in [0.15, 0.2) is 0 Å². The number of likely N-dealkylation sites (tertiary alicyclic amines) is 1. The van der Waals surface area contributed by atoms with Gasteiger partial charge in [0.05, 0.1) is 6.61 Å². The number of aliphatic hydroxyl groups excluding tert-OH is 1. The highest BCUT2D eigenvalue weighted by Gasteiger charge is 2.38. The van der Waals surface area contributed by atoms with Gasteiger partial charge in [0.25, 0.3) is 0 Å². The standard InChI is InChI=1S/C25H29N3O3/c1-18(30)27-23(15-19-16-26-22-10-6-5-9-21(19)22)24(31)28-13-11-25(17-29,12-14-28)20-7-3-2-4-8-20/h2-10,16,23,26,29H,11-15,17H2,1H3,(H,27,30). The van der Waals surface area contributed by atoms with Crippen molar-refractivity contribution in [1.29, 1.82) is 0 Å².